The van der Waals surface area contributed by atoms with Crippen molar-refractivity contribution in [2.45, 2.75) is 6.42 Å². The van der Waals surface area contributed by atoms with E-state index in [1.54, 1.807) is 18.2 Å². The summed E-state index contributed by atoms with van der Waals surface area (Å²) in [4.78, 5) is 12.4. The Morgan fingerprint density at radius 1 is 1.05 bits per heavy atom. The van der Waals surface area contributed by atoms with Crippen molar-refractivity contribution in [3.8, 4) is 11.5 Å². The maximum atomic E-state index is 12.4. The van der Waals surface area contributed by atoms with Crippen LogP contribution in [0.4, 0.5) is 0 Å². The molecular weight excluding hydrogens is 311 g/mol. The zero-order valence-corrected chi connectivity index (χ0v) is 13.2. The number of benzene rings is 2. The van der Waals surface area contributed by atoms with Crippen molar-refractivity contribution in [2.75, 3.05) is 14.2 Å². The van der Waals surface area contributed by atoms with Gasteiger partial charge in [0, 0.05) is 17.0 Å². The van der Waals surface area contributed by atoms with Gasteiger partial charge in [0.2, 0.25) is 0 Å². The highest BCUT2D eigenvalue weighted by Gasteiger charge is 2.16. The number of ketones is 1. The van der Waals surface area contributed by atoms with Gasteiger partial charge in [-0.1, -0.05) is 41.4 Å². The Labute approximate surface area is 133 Å². The van der Waals surface area contributed by atoms with Crippen molar-refractivity contribution in [2.24, 2.45) is 0 Å². The molecule has 0 saturated heterocycles. The minimum atomic E-state index is -0.0917. The van der Waals surface area contributed by atoms with Gasteiger partial charge in [0.1, 0.15) is 0 Å². The predicted octanol–water partition coefficient (Wildman–Crippen LogP) is 4.44. The van der Waals surface area contributed by atoms with Crippen LogP contribution in [0, 0.1) is 0 Å². The molecule has 2 aromatic rings. The van der Waals surface area contributed by atoms with Crippen LogP contribution < -0.4 is 9.47 Å². The first-order valence-corrected chi connectivity index (χ1v) is 7.00. The van der Waals surface area contributed by atoms with E-state index in [1.807, 2.05) is 18.2 Å². The molecule has 2 rings (SSSR count). The fraction of sp³-hybridized carbons (Fsp3) is 0.188. The highest BCUT2D eigenvalue weighted by molar-refractivity contribution is 6.33. The Hall–Kier alpha value is -1.71. The van der Waals surface area contributed by atoms with Gasteiger partial charge < -0.3 is 9.47 Å². The van der Waals surface area contributed by atoms with Crippen molar-refractivity contribution >= 4 is 29.0 Å². The summed E-state index contributed by atoms with van der Waals surface area (Å²) in [7, 11) is 2.99. The van der Waals surface area contributed by atoms with Gasteiger partial charge in [0.25, 0.3) is 0 Å². The maximum Gasteiger partial charge on any atom is 0.179 e. The molecule has 3 nitrogen and oxygen atoms in total. The third kappa shape index (κ3) is 3.49. The van der Waals surface area contributed by atoms with E-state index in [0.717, 1.165) is 5.56 Å². The molecule has 0 aliphatic rings. The number of Topliss-reactive ketones (excluding diaryl/α,β-unsaturated/α-hetero) is 1. The number of methoxy groups -OCH3 is 2. The molecule has 0 aromatic heterocycles. The second-order valence-electron chi connectivity index (χ2n) is 4.38. The monoisotopic (exact) mass is 324 g/mol. The number of hydrogen-bond acceptors (Lipinski definition) is 3. The van der Waals surface area contributed by atoms with Crippen molar-refractivity contribution in [3.63, 3.8) is 0 Å². The predicted molar refractivity (Wildman–Crippen MR) is 84.0 cm³/mol. The number of rotatable bonds is 5. The summed E-state index contributed by atoms with van der Waals surface area (Å²) in [5.41, 5.74) is 1.23. The van der Waals surface area contributed by atoms with Crippen LogP contribution >= 0.6 is 23.2 Å². The lowest BCUT2D eigenvalue weighted by Gasteiger charge is -2.11. The first-order chi connectivity index (χ1) is 10.1. The quantitative estimate of drug-likeness (QED) is 0.763. The van der Waals surface area contributed by atoms with Crippen LogP contribution in [0.5, 0.6) is 11.5 Å². The van der Waals surface area contributed by atoms with Gasteiger partial charge in [-0.3, -0.25) is 4.79 Å². The second-order valence-corrected chi connectivity index (χ2v) is 5.20. The number of halogens is 2. The topological polar surface area (TPSA) is 35.5 Å². The molecule has 0 bridgehead atoms. The summed E-state index contributed by atoms with van der Waals surface area (Å²) in [5.74, 6) is 0.743. The molecule has 0 amide bonds. The van der Waals surface area contributed by atoms with Gasteiger partial charge >= 0.3 is 0 Å². The molecule has 2 aromatic carbocycles. The molecule has 0 atom stereocenters. The Kier molecular flexibility index (Phi) is 5.10. The van der Waals surface area contributed by atoms with Crippen molar-refractivity contribution in [3.05, 3.63) is 57.6 Å². The van der Waals surface area contributed by atoms with E-state index >= 15 is 0 Å². The summed E-state index contributed by atoms with van der Waals surface area (Å²) >= 11 is 12.2. The van der Waals surface area contributed by atoms with Crippen LogP contribution in [0.25, 0.3) is 0 Å². The van der Waals surface area contributed by atoms with Crippen LogP contribution in [-0.4, -0.2) is 20.0 Å². The molecule has 0 unspecified atom stereocenters. The van der Waals surface area contributed by atoms with Crippen molar-refractivity contribution in [1.29, 1.82) is 0 Å². The Morgan fingerprint density at radius 2 is 1.76 bits per heavy atom. The highest BCUT2D eigenvalue weighted by atomic mass is 35.5. The molecule has 0 aliphatic carbocycles. The van der Waals surface area contributed by atoms with E-state index in [9.17, 15) is 4.79 Å². The highest BCUT2D eigenvalue weighted by Crippen LogP contribution is 2.36. The van der Waals surface area contributed by atoms with Crippen LogP contribution in [0.2, 0.25) is 10.0 Å². The first-order valence-electron chi connectivity index (χ1n) is 6.25. The van der Waals surface area contributed by atoms with E-state index in [2.05, 4.69) is 0 Å². The van der Waals surface area contributed by atoms with Crippen LogP contribution in [-0.2, 0) is 6.42 Å². The largest absolute Gasteiger partial charge is 0.493 e. The van der Waals surface area contributed by atoms with Gasteiger partial charge in [-0.25, -0.2) is 0 Å². The molecule has 0 radical (unpaired) electrons. The van der Waals surface area contributed by atoms with E-state index < -0.39 is 0 Å². The molecule has 110 valence electrons. The molecular formula is C16H14Cl2O3. The van der Waals surface area contributed by atoms with E-state index in [0.29, 0.717) is 27.1 Å². The number of ether oxygens (including phenoxy) is 2. The molecule has 0 spiro atoms. The number of carbonyl (C=O) groups is 1. The van der Waals surface area contributed by atoms with E-state index in [4.69, 9.17) is 32.7 Å². The molecule has 0 fully saturated rings. The molecule has 0 N–H and O–H groups in total. The fourth-order valence-corrected chi connectivity index (χ4v) is 2.49. The standard InChI is InChI=1S/C16H14Cl2O3/c1-20-15-9-11(7-13(18)16(15)21-2)14(19)8-10-5-3-4-6-12(10)17/h3-7,9H,8H2,1-2H3. The lowest BCUT2D eigenvalue weighted by atomic mass is 10.0. The van der Waals surface area contributed by atoms with Crippen LogP contribution in [0.3, 0.4) is 0 Å². The Balaban J connectivity index is 2.32. The van der Waals surface area contributed by atoms with Crippen molar-refractivity contribution < 1.29 is 14.3 Å². The van der Waals surface area contributed by atoms with Gasteiger partial charge in [-0.05, 0) is 23.8 Å². The normalized spacial score (nSPS) is 10.3. The Morgan fingerprint density at radius 3 is 2.38 bits per heavy atom. The summed E-state index contributed by atoms with van der Waals surface area (Å²) in [6, 6.07) is 10.4. The van der Waals surface area contributed by atoms with Gasteiger partial charge in [-0.15, -0.1) is 0 Å². The van der Waals surface area contributed by atoms with Crippen LogP contribution in [0.1, 0.15) is 15.9 Å². The summed E-state index contributed by atoms with van der Waals surface area (Å²) in [6.45, 7) is 0. The average Bonchev–Trinajstić information content (AvgIpc) is 2.48. The van der Waals surface area contributed by atoms with Gasteiger partial charge in [0.15, 0.2) is 17.3 Å². The molecule has 5 heteroatoms. The second kappa shape index (κ2) is 6.83. The minimum absolute atomic E-state index is 0.0917. The fourth-order valence-electron chi connectivity index (χ4n) is 2.00. The smallest absolute Gasteiger partial charge is 0.179 e. The minimum Gasteiger partial charge on any atom is -0.493 e. The maximum absolute atomic E-state index is 12.4. The van der Waals surface area contributed by atoms with Crippen LogP contribution in [0.15, 0.2) is 36.4 Å². The summed E-state index contributed by atoms with van der Waals surface area (Å²) in [5, 5.41) is 0.900. The third-order valence-electron chi connectivity index (χ3n) is 3.06. The van der Waals surface area contributed by atoms with E-state index in [-0.39, 0.29) is 12.2 Å². The number of carbonyl (C=O) groups excluding carboxylic acids is 1. The number of hydrogen-bond donors (Lipinski definition) is 0. The molecule has 0 heterocycles. The lowest BCUT2D eigenvalue weighted by Crippen LogP contribution is -2.05. The zero-order chi connectivity index (χ0) is 15.4. The summed E-state index contributed by atoms with van der Waals surface area (Å²) in [6.07, 6.45) is 0.200. The zero-order valence-electron chi connectivity index (χ0n) is 11.7. The van der Waals surface area contributed by atoms with Gasteiger partial charge in [-0.2, -0.15) is 0 Å². The molecule has 21 heavy (non-hydrogen) atoms. The Bertz CT molecular complexity index is 669. The van der Waals surface area contributed by atoms with Gasteiger partial charge in [0.05, 0.1) is 19.2 Å². The average molecular weight is 325 g/mol. The SMILES string of the molecule is COc1cc(C(=O)Cc2ccccc2Cl)cc(Cl)c1OC. The lowest BCUT2D eigenvalue weighted by molar-refractivity contribution is 0.0992. The van der Waals surface area contributed by atoms with E-state index in [1.165, 1.54) is 14.2 Å². The third-order valence-corrected chi connectivity index (χ3v) is 3.71. The molecule has 0 aliphatic heterocycles. The first kappa shape index (κ1) is 15.7. The van der Waals surface area contributed by atoms with Crippen molar-refractivity contribution in [1.82, 2.24) is 0 Å². The molecule has 0 saturated carbocycles. The summed E-state index contributed by atoms with van der Waals surface area (Å²) < 4.78 is 10.3.